The van der Waals surface area contributed by atoms with E-state index in [0.29, 0.717) is 13.1 Å². The van der Waals surface area contributed by atoms with Gasteiger partial charge in [0.1, 0.15) is 0 Å². The smallest absolute Gasteiger partial charge is 0.239 e. The molecule has 116 valence electrons. The molecule has 5 heteroatoms. The molecule has 0 unspecified atom stereocenters. The maximum Gasteiger partial charge on any atom is 0.239 e. The zero-order chi connectivity index (χ0) is 15.6. The van der Waals surface area contributed by atoms with Crippen LogP contribution in [-0.2, 0) is 22.3 Å². The van der Waals surface area contributed by atoms with Crippen molar-refractivity contribution >= 4 is 15.7 Å². The van der Waals surface area contributed by atoms with E-state index >= 15 is 0 Å². The fourth-order valence-corrected chi connectivity index (χ4v) is 4.43. The number of hydrogen-bond acceptors (Lipinski definition) is 3. The number of hydrogen-bond donors (Lipinski definition) is 0. The largest absolute Gasteiger partial charge is 0.300 e. The predicted octanol–water partition coefficient (Wildman–Crippen LogP) is 2.47. The molecular formula is C17H20N2O2S. The monoisotopic (exact) mass is 316 g/mol. The van der Waals surface area contributed by atoms with Crippen LogP contribution in [0.5, 0.6) is 0 Å². The molecule has 0 aliphatic carbocycles. The van der Waals surface area contributed by atoms with Gasteiger partial charge in [0.25, 0.3) is 0 Å². The van der Waals surface area contributed by atoms with Gasteiger partial charge in [0.15, 0.2) is 0 Å². The average Bonchev–Trinajstić information content (AvgIpc) is 2.75. The zero-order valence-electron chi connectivity index (χ0n) is 12.6. The summed E-state index contributed by atoms with van der Waals surface area (Å²) in [5, 5.41) is 0. The molecule has 0 saturated carbocycles. The lowest BCUT2D eigenvalue weighted by Gasteiger charge is -2.23. The summed E-state index contributed by atoms with van der Waals surface area (Å²) in [6.07, 6.45) is 0. The molecule has 1 aliphatic heterocycles. The minimum absolute atomic E-state index is 0.117. The van der Waals surface area contributed by atoms with Crippen molar-refractivity contribution in [3.05, 3.63) is 65.7 Å². The Morgan fingerprint density at radius 2 is 1.73 bits per heavy atom. The lowest BCUT2D eigenvalue weighted by Crippen LogP contribution is -2.35. The Balaban J connectivity index is 1.66. The lowest BCUT2D eigenvalue weighted by atomic mass is 10.2. The number of benzene rings is 2. The van der Waals surface area contributed by atoms with Crippen molar-refractivity contribution in [1.29, 1.82) is 0 Å². The number of para-hydroxylation sites is 1. The summed E-state index contributed by atoms with van der Waals surface area (Å²) in [6, 6.07) is 17.8. The first kappa shape index (κ1) is 15.1. The van der Waals surface area contributed by atoms with Crippen LogP contribution in [0.3, 0.4) is 0 Å². The molecule has 3 rings (SSSR count). The molecule has 0 amide bonds. The van der Waals surface area contributed by atoms with Gasteiger partial charge in [0.05, 0.1) is 11.4 Å². The molecule has 0 aromatic heterocycles. The van der Waals surface area contributed by atoms with Gasteiger partial charge in [-0.15, -0.1) is 0 Å². The predicted molar refractivity (Wildman–Crippen MR) is 89.2 cm³/mol. The normalized spacial score (nSPS) is 16.0. The van der Waals surface area contributed by atoms with Crippen LogP contribution >= 0.6 is 0 Å². The van der Waals surface area contributed by atoms with Crippen LogP contribution in [0.4, 0.5) is 5.69 Å². The van der Waals surface area contributed by atoms with Crippen LogP contribution in [0.2, 0.25) is 0 Å². The van der Waals surface area contributed by atoms with E-state index in [2.05, 4.69) is 17.0 Å². The molecule has 0 atom stereocenters. The van der Waals surface area contributed by atoms with Crippen molar-refractivity contribution in [2.45, 2.75) is 12.3 Å². The molecule has 2 aromatic rings. The third-order valence-corrected chi connectivity index (χ3v) is 5.64. The van der Waals surface area contributed by atoms with Gasteiger partial charge in [0.2, 0.25) is 10.0 Å². The van der Waals surface area contributed by atoms with Gasteiger partial charge in [-0.3, -0.25) is 4.31 Å². The number of fused-ring (bicyclic) bond motifs is 1. The summed E-state index contributed by atoms with van der Waals surface area (Å²) in [5.41, 5.74) is 2.96. The molecule has 0 radical (unpaired) electrons. The Labute approximate surface area is 132 Å². The van der Waals surface area contributed by atoms with Crippen LogP contribution in [0.1, 0.15) is 11.1 Å². The fourth-order valence-electron chi connectivity index (χ4n) is 2.80. The van der Waals surface area contributed by atoms with E-state index in [0.717, 1.165) is 17.8 Å². The van der Waals surface area contributed by atoms with E-state index in [4.69, 9.17) is 0 Å². The highest BCUT2D eigenvalue weighted by Gasteiger charge is 2.32. The summed E-state index contributed by atoms with van der Waals surface area (Å²) in [6.45, 7) is 2.00. The highest BCUT2D eigenvalue weighted by atomic mass is 32.2. The van der Waals surface area contributed by atoms with Crippen molar-refractivity contribution in [3.8, 4) is 0 Å². The van der Waals surface area contributed by atoms with Crippen molar-refractivity contribution in [2.24, 2.45) is 0 Å². The Bertz CT molecular complexity index is 744. The quantitative estimate of drug-likeness (QED) is 0.851. The maximum atomic E-state index is 12.3. The first-order valence-corrected chi connectivity index (χ1v) is 8.98. The Kier molecular flexibility index (Phi) is 4.18. The average molecular weight is 316 g/mol. The van der Waals surface area contributed by atoms with Crippen LogP contribution in [0.15, 0.2) is 54.6 Å². The third-order valence-electron chi connectivity index (χ3n) is 3.91. The van der Waals surface area contributed by atoms with Gasteiger partial charge in [-0.1, -0.05) is 48.5 Å². The highest BCUT2D eigenvalue weighted by molar-refractivity contribution is 7.92. The molecule has 2 aromatic carbocycles. The van der Waals surface area contributed by atoms with Gasteiger partial charge < -0.3 is 4.90 Å². The van der Waals surface area contributed by atoms with E-state index < -0.39 is 10.0 Å². The minimum Gasteiger partial charge on any atom is -0.300 e. The minimum atomic E-state index is -3.21. The first-order chi connectivity index (χ1) is 10.6. The summed E-state index contributed by atoms with van der Waals surface area (Å²) in [7, 11) is -1.19. The second kappa shape index (κ2) is 6.10. The van der Waals surface area contributed by atoms with E-state index in [1.807, 2.05) is 49.5 Å². The molecule has 1 aliphatic rings. The molecule has 0 bridgehead atoms. The fraction of sp³-hybridized carbons (Fsp3) is 0.294. The Hall–Kier alpha value is -1.85. The Morgan fingerprint density at radius 1 is 1.05 bits per heavy atom. The van der Waals surface area contributed by atoms with E-state index in [9.17, 15) is 8.42 Å². The van der Waals surface area contributed by atoms with Crippen molar-refractivity contribution in [3.63, 3.8) is 0 Å². The Morgan fingerprint density at radius 3 is 2.50 bits per heavy atom. The summed E-state index contributed by atoms with van der Waals surface area (Å²) in [5.74, 6) is 0.117. The van der Waals surface area contributed by atoms with E-state index in [1.165, 1.54) is 5.56 Å². The second-order valence-electron chi connectivity index (χ2n) is 5.68. The van der Waals surface area contributed by atoms with E-state index in [-0.39, 0.29) is 5.75 Å². The second-order valence-corrected chi connectivity index (χ2v) is 7.57. The van der Waals surface area contributed by atoms with Crippen molar-refractivity contribution in [2.75, 3.05) is 24.4 Å². The van der Waals surface area contributed by atoms with Crippen LogP contribution in [0, 0.1) is 0 Å². The standard InChI is InChI=1S/C17H20N2O2S/c1-18(13-15-7-3-2-4-8-15)11-12-19-17-10-6-5-9-16(17)14-22(19,20)21/h2-10H,11-14H2,1H3. The number of anilines is 1. The molecule has 0 saturated heterocycles. The summed E-state index contributed by atoms with van der Waals surface area (Å²) >= 11 is 0. The van der Waals surface area contributed by atoms with Gasteiger partial charge >= 0.3 is 0 Å². The van der Waals surface area contributed by atoms with Crippen molar-refractivity contribution in [1.82, 2.24) is 4.90 Å². The molecule has 4 nitrogen and oxygen atoms in total. The zero-order valence-corrected chi connectivity index (χ0v) is 13.5. The van der Waals surface area contributed by atoms with Gasteiger partial charge in [-0.05, 0) is 24.2 Å². The summed E-state index contributed by atoms with van der Waals surface area (Å²) < 4.78 is 26.1. The van der Waals surface area contributed by atoms with E-state index in [1.54, 1.807) is 4.31 Å². The number of sulfonamides is 1. The molecule has 0 fully saturated rings. The summed E-state index contributed by atoms with van der Waals surface area (Å²) in [4.78, 5) is 2.14. The number of likely N-dealkylation sites (N-methyl/N-ethyl adjacent to an activating group) is 1. The van der Waals surface area contributed by atoms with Crippen molar-refractivity contribution < 1.29 is 8.42 Å². The van der Waals surface area contributed by atoms with Gasteiger partial charge in [0, 0.05) is 19.6 Å². The number of rotatable bonds is 5. The molecule has 1 heterocycles. The molecular weight excluding hydrogens is 296 g/mol. The topological polar surface area (TPSA) is 40.6 Å². The van der Waals surface area contributed by atoms with Crippen LogP contribution in [-0.4, -0.2) is 33.5 Å². The maximum absolute atomic E-state index is 12.3. The van der Waals surface area contributed by atoms with Crippen LogP contribution < -0.4 is 4.31 Å². The molecule has 0 N–H and O–H groups in total. The molecule has 0 spiro atoms. The third kappa shape index (κ3) is 3.15. The molecule has 22 heavy (non-hydrogen) atoms. The highest BCUT2D eigenvalue weighted by Crippen LogP contribution is 2.32. The first-order valence-electron chi connectivity index (χ1n) is 7.37. The van der Waals surface area contributed by atoms with Gasteiger partial charge in [-0.25, -0.2) is 8.42 Å². The number of nitrogens with zero attached hydrogens (tertiary/aromatic N) is 2. The van der Waals surface area contributed by atoms with Crippen LogP contribution in [0.25, 0.3) is 0 Å². The van der Waals surface area contributed by atoms with Gasteiger partial charge in [-0.2, -0.15) is 0 Å². The lowest BCUT2D eigenvalue weighted by molar-refractivity contribution is 0.336. The SMILES string of the molecule is CN(CCN1c2ccccc2CS1(=O)=O)Cc1ccccc1.